The first kappa shape index (κ1) is 15.1. The predicted octanol–water partition coefficient (Wildman–Crippen LogP) is 2.30. The van der Waals surface area contributed by atoms with Crippen molar-refractivity contribution in [3.8, 4) is 0 Å². The molecule has 0 aromatic rings. The number of hydrogen-bond acceptors (Lipinski definition) is 4. The van der Waals surface area contributed by atoms with Crippen LogP contribution in [-0.2, 0) is 19.1 Å². The smallest absolute Gasteiger partial charge is 0.225 e. The Morgan fingerprint density at radius 2 is 2.29 bits per heavy atom. The van der Waals surface area contributed by atoms with E-state index in [1.807, 2.05) is 19.1 Å². The van der Waals surface area contributed by atoms with Crippen LogP contribution in [0.4, 0.5) is 0 Å². The lowest BCUT2D eigenvalue weighted by atomic mass is 10.0. The van der Waals surface area contributed by atoms with Crippen LogP contribution in [0.3, 0.4) is 0 Å². The van der Waals surface area contributed by atoms with E-state index < -0.39 is 0 Å². The van der Waals surface area contributed by atoms with E-state index >= 15 is 0 Å². The van der Waals surface area contributed by atoms with E-state index in [1.54, 1.807) is 10.8 Å². The normalized spacial score (nSPS) is 30.8. The van der Waals surface area contributed by atoms with Crippen molar-refractivity contribution in [2.45, 2.75) is 25.7 Å². The molecule has 5 heteroatoms. The molecule has 17 heavy (non-hydrogen) atoms. The lowest BCUT2D eigenvalue weighted by Gasteiger charge is -2.29. The fourth-order valence-corrected chi connectivity index (χ4v) is 4.19. The lowest BCUT2D eigenvalue weighted by Crippen LogP contribution is -2.38. The maximum absolute atomic E-state index is 9.77. The molecule has 4 atom stereocenters. The quantitative estimate of drug-likeness (QED) is 0.440. The van der Waals surface area contributed by atoms with Gasteiger partial charge in [-0.15, -0.1) is 10.8 Å². The summed E-state index contributed by atoms with van der Waals surface area (Å²) in [7, 11) is 1.44. The molecular weight excluding hydrogens is 256 g/mol. The monoisotopic (exact) mass is 277 g/mol. The zero-order valence-electron chi connectivity index (χ0n) is 10.2. The molecule has 1 saturated heterocycles. The second kappa shape index (κ2) is 8.21. The first-order chi connectivity index (χ1) is 8.17. The Kier molecular flexibility index (Phi) is 7.30. The van der Waals surface area contributed by atoms with Crippen molar-refractivity contribution in [2.75, 3.05) is 18.1 Å². The van der Waals surface area contributed by atoms with Gasteiger partial charge >= 0.3 is 0 Å². The summed E-state index contributed by atoms with van der Waals surface area (Å²) >= 11 is 0. The fourth-order valence-electron chi connectivity index (χ4n) is 1.39. The molecule has 0 spiro atoms. The number of rotatable bonds is 7. The van der Waals surface area contributed by atoms with Crippen molar-refractivity contribution in [3.05, 3.63) is 25.3 Å². The molecule has 4 unspecified atom stereocenters. The summed E-state index contributed by atoms with van der Waals surface area (Å²) in [5, 5.41) is 9.77. The van der Waals surface area contributed by atoms with E-state index in [-0.39, 0.29) is 28.5 Å². The van der Waals surface area contributed by atoms with Crippen LogP contribution in [0.1, 0.15) is 13.3 Å². The zero-order valence-corrected chi connectivity index (χ0v) is 11.8. The molecule has 0 radical (unpaired) electrons. The molecule has 3 nitrogen and oxygen atoms in total. The van der Waals surface area contributed by atoms with Gasteiger partial charge in [0, 0.05) is 12.3 Å². The van der Waals surface area contributed by atoms with Gasteiger partial charge in [0.15, 0.2) is 5.75 Å². The molecular formula is C12H21O3S2+. The molecule has 0 aliphatic carbocycles. The molecule has 0 aromatic carbocycles. The Hall–Kier alpha value is 0.0600. The Morgan fingerprint density at radius 3 is 2.88 bits per heavy atom. The van der Waals surface area contributed by atoms with Crippen molar-refractivity contribution >= 4 is 21.0 Å². The number of aliphatic hydroxyl groups is 1. The van der Waals surface area contributed by atoms with Gasteiger partial charge in [-0.25, -0.2) is 0 Å². The summed E-state index contributed by atoms with van der Waals surface area (Å²) in [5.41, 5.74) is 0. The third-order valence-electron chi connectivity index (χ3n) is 2.42. The first-order valence-electron chi connectivity index (χ1n) is 5.70. The number of ether oxygens (including phenoxy) is 1. The van der Waals surface area contributed by atoms with Gasteiger partial charge < -0.3 is 9.84 Å². The Labute approximate surface area is 110 Å². The predicted molar refractivity (Wildman–Crippen MR) is 75.7 cm³/mol. The fraction of sp³-hybridized carbons (Fsp3) is 0.667. The largest absolute Gasteiger partial charge is 0.393 e. The number of aliphatic hydroxyl groups excluding tert-OH is 1. The third kappa shape index (κ3) is 5.48. The number of hydrogen-bond donors (Lipinski definition) is 1. The van der Waals surface area contributed by atoms with Gasteiger partial charge in [-0.3, -0.25) is 0 Å². The van der Waals surface area contributed by atoms with Gasteiger partial charge in [-0.2, -0.15) is 0 Å². The molecule has 1 fully saturated rings. The van der Waals surface area contributed by atoms with Crippen LogP contribution >= 0.6 is 10.8 Å². The highest BCUT2D eigenvalue weighted by molar-refractivity contribution is 8.72. The van der Waals surface area contributed by atoms with Gasteiger partial charge in [-0.05, 0) is 6.08 Å². The van der Waals surface area contributed by atoms with Gasteiger partial charge in [0.2, 0.25) is 16.5 Å². The summed E-state index contributed by atoms with van der Waals surface area (Å²) in [4.78, 5) is 0. The average molecular weight is 277 g/mol. The van der Waals surface area contributed by atoms with Crippen molar-refractivity contribution in [2.24, 2.45) is 5.92 Å². The highest BCUT2D eigenvalue weighted by Gasteiger charge is 2.34. The second-order valence-corrected chi connectivity index (χ2v) is 7.50. The molecule has 1 aliphatic rings. The van der Waals surface area contributed by atoms with Gasteiger partial charge in [0.05, 0.1) is 18.5 Å². The maximum Gasteiger partial charge on any atom is 0.225 e. The van der Waals surface area contributed by atoms with E-state index in [2.05, 4.69) is 13.2 Å². The highest BCUT2D eigenvalue weighted by atomic mass is 33.1. The summed E-state index contributed by atoms with van der Waals surface area (Å²) in [6, 6.07) is 0. The first-order valence-corrected chi connectivity index (χ1v) is 8.52. The average Bonchev–Trinajstić information content (AvgIpc) is 2.31. The van der Waals surface area contributed by atoms with Crippen LogP contribution in [0.2, 0.25) is 0 Å². The zero-order chi connectivity index (χ0) is 12.7. The SMILES string of the molecule is C=CCS[S+](CC=C)OC1CC(O)C(C)CO1. The van der Waals surface area contributed by atoms with E-state index in [0.717, 1.165) is 11.5 Å². The van der Waals surface area contributed by atoms with Gasteiger partial charge in [-0.1, -0.05) is 19.6 Å². The summed E-state index contributed by atoms with van der Waals surface area (Å²) in [6.07, 6.45) is 3.64. The molecule has 0 aromatic heterocycles. The Balaban J connectivity index is 2.37. The molecule has 0 bridgehead atoms. The lowest BCUT2D eigenvalue weighted by molar-refractivity contribution is -0.153. The van der Waals surface area contributed by atoms with Crippen LogP contribution in [0.5, 0.6) is 0 Å². The summed E-state index contributed by atoms with van der Waals surface area (Å²) in [5.74, 6) is 1.84. The minimum absolute atomic E-state index is 0.192. The minimum atomic E-state index is -0.327. The van der Waals surface area contributed by atoms with Gasteiger partial charge in [0.1, 0.15) is 10.8 Å². The molecule has 0 amide bonds. The molecule has 1 aliphatic heterocycles. The highest BCUT2D eigenvalue weighted by Crippen LogP contribution is 2.26. The molecule has 98 valence electrons. The topological polar surface area (TPSA) is 38.7 Å². The summed E-state index contributed by atoms with van der Waals surface area (Å²) in [6.45, 7) is 9.96. The maximum atomic E-state index is 9.77. The van der Waals surface area contributed by atoms with Crippen LogP contribution < -0.4 is 0 Å². The molecule has 1 rings (SSSR count). The van der Waals surface area contributed by atoms with Crippen molar-refractivity contribution in [3.63, 3.8) is 0 Å². The minimum Gasteiger partial charge on any atom is -0.393 e. The molecule has 1 heterocycles. The van der Waals surface area contributed by atoms with E-state index in [0.29, 0.717) is 13.0 Å². The van der Waals surface area contributed by atoms with Crippen LogP contribution in [0.25, 0.3) is 0 Å². The van der Waals surface area contributed by atoms with Crippen LogP contribution in [0, 0.1) is 5.92 Å². The third-order valence-corrected chi connectivity index (χ3v) is 5.83. The van der Waals surface area contributed by atoms with Crippen molar-refractivity contribution in [1.82, 2.24) is 0 Å². The second-order valence-electron chi connectivity index (χ2n) is 3.97. The van der Waals surface area contributed by atoms with Crippen molar-refractivity contribution in [1.29, 1.82) is 0 Å². The standard InChI is InChI=1S/C12H21O3S2/c1-4-6-16-17(7-5-2)15-12-8-11(13)10(3)9-14-12/h4-5,10-13H,1-2,6-9H2,3H3/q+1. The van der Waals surface area contributed by atoms with Gasteiger partial charge in [0.25, 0.3) is 0 Å². The Morgan fingerprint density at radius 1 is 1.53 bits per heavy atom. The van der Waals surface area contributed by atoms with Crippen molar-refractivity contribution < 1.29 is 14.0 Å². The van der Waals surface area contributed by atoms with E-state index in [1.165, 1.54) is 0 Å². The van der Waals surface area contributed by atoms with Crippen LogP contribution in [-0.4, -0.2) is 35.6 Å². The summed E-state index contributed by atoms with van der Waals surface area (Å²) < 4.78 is 11.4. The van der Waals surface area contributed by atoms with E-state index in [9.17, 15) is 5.11 Å². The van der Waals surface area contributed by atoms with Crippen LogP contribution in [0.15, 0.2) is 25.3 Å². The van der Waals surface area contributed by atoms with E-state index in [4.69, 9.17) is 8.92 Å². The molecule has 0 saturated carbocycles. The Bertz CT molecular complexity index is 248. The molecule has 1 N–H and O–H groups in total.